The van der Waals surface area contributed by atoms with Crippen LogP contribution in [0.4, 0.5) is 4.79 Å². The highest BCUT2D eigenvalue weighted by atomic mass is 16.5. The van der Waals surface area contributed by atoms with Gasteiger partial charge in [-0.2, -0.15) is 0 Å². The van der Waals surface area contributed by atoms with Crippen molar-refractivity contribution in [2.75, 3.05) is 21.1 Å². The molecule has 1 atom stereocenters. The number of allylic oxidation sites excluding steroid dienone is 1. The van der Waals surface area contributed by atoms with Gasteiger partial charge in [0.05, 0.1) is 7.11 Å². The SMILES string of the molecule is [2H]C([2H])([2H])N(C)C(=O)/C=C/CC[C@H](NC(=O)OC)C(=O)O. The highest BCUT2D eigenvalue weighted by Gasteiger charge is 2.18. The van der Waals surface area contributed by atoms with E-state index < -0.39 is 31.0 Å². The molecule has 0 aromatic carbocycles. The summed E-state index contributed by atoms with van der Waals surface area (Å²) in [5.41, 5.74) is 0. The van der Waals surface area contributed by atoms with Crippen LogP contribution in [0.25, 0.3) is 0 Å². The van der Waals surface area contributed by atoms with Crippen molar-refractivity contribution in [2.45, 2.75) is 18.9 Å². The summed E-state index contributed by atoms with van der Waals surface area (Å²) in [5, 5.41) is 11.0. The number of alkyl carbamates (subject to hydrolysis) is 1. The van der Waals surface area contributed by atoms with Crippen LogP contribution in [-0.2, 0) is 14.3 Å². The minimum absolute atomic E-state index is 0.0334. The number of hydrogen-bond acceptors (Lipinski definition) is 4. The minimum atomic E-state index is -2.53. The lowest BCUT2D eigenvalue weighted by molar-refractivity contribution is -0.139. The normalized spacial score (nSPS) is 15.1. The van der Waals surface area contributed by atoms with Gasteiger partial charge in [0.1, 0.15) is 6.04 Å². The van der Waals surface area contributed by atoms with Crippen molar-refractivity contribution in [1.29, 1.82) is 0 Å². The van der Waals surface area contributed by atoms with Crippen LogP contribution in [0.1, 0.15) is 17.0 Å². The molecule has 0 aliphatic heterocycles. The van der Waals surface area contributed by atoms with E-state index in [1.54, 1.807) is 0 Å². The highest BCUT2D eigenvalue weighted by Crippen LogP contribution is 2.00. The summed E-state index contributed by atoms with van der Waals surface area (Å²) in [7, 11) is 2.25. The number of carboxylic acids is 1. The molecule has 0 saturated heterocycles. The topological polar surface area (TPSA) is 95.9 Å². The van der Waals surface area contributed by atoms with Gasteiger partial charge >= 0.3 is 12.1 Å². The molecule has 0 saturated carbocycles. The van der Waals surface area contributed by atoms with E-state index in [9.17, 15) is 14.4 Å². The van der Waals surface area contributed by atoms with Gasteiger partial charge < -0.3 is 20.1 Å². The average molecular weight is 261 g/mol. The Morgan fingerprint density at radius 2 is 2.22 bits per heavy atom. The summed E-state index contributed by atoms with van der Waals surface area (Å²) in [6.45, 7) is -2.53. The van der Waals surface area contributed by atoms with Crippen LogP contribution in [0, 0.1) is 0 Å². The molecule has 0 bridgehead atoms. The first kappa shape index (κ1) is 11.1. The number of aliphatic carboxylic acids is 1. The number of methoxy groups -OCH3 is 1. The molecule has 0 aliphatic rings. The molecule has 0 spiro atoms. The molecular weight excluding hydrogens is 240 g/mol. The van der Waals surface area contributed by atoms with E-state index in [-0.39, 0.29) is 12.8 Å². The van der Waals surface area contributed by atoms with Gasteiger partial charge in [-0.1, -0.05) is 6.08 Å². The Balaban J connectivity index is 4.38. The van der Waals surface area contributed by atoms with Gasteiger partial charge in [-0.15, -0.1) is 0 Å². The van der Waals surface area contributed by atoms with Crippen LogP contribution in [0.5, 0.6) is 0 Å². The van der Waals surface area contributed by atoms with Gasteiger partial charge in [0, 0.05) is 18.1 Å². The van der Waals surface area contributed by atoms with E-state index >= 15 is 0 Å². The van der Waals surface area contributed by atoms with E-state index in [4.69, 9.17) is 9.22 Å². The molecule has 18 heavy (non-hydrogen) atoms. The van der Waals surface area contributed by atoms with Crippen molar-refractivity contribution in [3.8, 4) is 0 Å². The van der Waals surface area contributed by atoms with Gasteiger partial charge in [0.25, 0.3) is 0 Å². The third kappa shape index (κ3) is 6.51. The van der Waals surface area contributed by atoms with Gasteiger partial charge in [0.2, 0.25) is 5.91 Å². The minimum Gasteiger partial charge on any atom is -0.480 e. The van der Waals surface area contributed by atoms with E-state index in [0.29, 0.717) is 4.90 Å². The lowest BCUT2D eigenvalue weighted by Crippen LogP contribution is -2.40. The molecule has 0 radical (unpaired) electrons. The number of nitrogens with zero attached hydrogens (tertiary/aromatic N) is 1. The number of amides is 2. The summed E-state index contributed by atoms with van der Waals surface area (Å²) in [6, 6.07) is -1.16. The molecule has 0 aromatic heterocycles. The first-order valence-corrected chi connectivity index (χ1v) is 5.11. The fourth-order valence-electron chi connectivity index (χ4n) is 1.02. The number of carbonyl (C=O) groups is 3. The fraction of sp³-hybridized carbons (Fsp3) is 0.545. The molecular formula is C11H18N2O5. The van der Waals surface area contributed by atoms with Crippen LogP contribution in [0.2, 0.25) is 0 Å². The Morgan fingerprint density at radius 3 is 2.72 bits per heavy atom. The lowest BCUT2D eigenvalue weighted by Gasteiger charge is -2.12. The maximum atomic E-state index is 11.5. The van der Waals surface area contributed by atoms with E-state index in [1.807, 2.05) is 0 Å². The highest BCUT2D eigenvalue weighted by molar-refractivity contribution is 5.87. The number of carbonyl (C=O) groups excluding carboxylic acids is 2. The summed E-state index contributed by atoms with van der Waals surface area (Å²) in [4.78, 5) is 33.9. The smallest absolute Gasteiger partial charge is 0.407 e. The largest absolute Gasteiger partial charge is 0.480 e. The number of nitrogens with one attached hydrogen (secondary N) is 1. The van der Waals surface area contributed by atoms with Crippen molar-refractivity contribution in [2.24, 2.45) is 0 Å². The quantitative estimate of drug-likeness (QED) is 0.667. The zero-order chi connectivity index (χ0) is 16.6. The van der Waals surface area contributed by atoms with Crippen LogP contribution in [-0.4, -0.2) is 55.2 Å². The Labute approximate surface area is 110 Å². The number of hydrogen-bond donors (Lipinski definition) is 2. The lowest BCUT2D eigenvalue weighted by atomic mass is 10.1. The van der Waals surface area contributed by atoms with Gasteiger partial charge in [-0.25, -0.2) is 9.59 Å². The first-order chi connectivity index (χ1) is 9.59. The maximum absolute atomic E-state index is 11.5. The number of rotatable bonds is 6. The summed E-state index contributed by atoms with van der Waals surface area (Å²) < 4.78 is 25.4. The Kier molecular flexibility index (Phi) is 4.98. The number of carboxylic acid groups (broad SMARTS) is 1. The summed E-state index contributed by atoms with van der Waals surface area (Å²) in [6.07, 6.45) is 1.72. The van der Waals surface area contributed by atoms with Crippen LogP contribution < -0.4 is 5.32 Å². The molecule has 0 rings (SSSR count). The van der Waals surface area contributed by atoms with Crippen molar-refractivity contribution in [1.82, 2.24) is 10.2 Å². The summed E-state index contributed by atoms with van der Waals surface area (Å²) >= 11 is 0. The fourth-order valence-corrected chi connectivity index (χ4v) is 1.02. The predicted octanol–water partition coefficient (Wildman–Crippen LogP) is 0.220. The van der Waals surface area contributed by atoms with Gasteiger partial charge in [-0.05, 0) is 18.9 Å². The van der Waals surface area contributed by atoms with Gasteiger partial charge in [-0.3, -0.25) is 4.79 Å². The standard InChI is InChI=1S/C11H18N2O5/c1-13(2)9(14)7-5-4-6-8(10(15)16)12-11(17)18-3/h5,7-8H,4,6H2,1-3H3,(H,12,17)(H,15,16)/b7-5+/t8-/m0/s1/i1D3. The molecule has 2 N–H and O–H groups in total. The number of ether oxygens (including phenoxy) is 1. The second-order valence-corrected chi connectivity index (χ2v) is 3.40. The second kappa shape index (κ2) is 8.10. The second-order valence-electron chi connectivity index (χ2n) is 3.40. The molecule has 0 unspecified atom stereocenters. The van der Waals surface area contributed by atoms with Crippen LogP contribution in [0.15, 0.2) is 12.2 Å². The Morgan fingerprint density at radius 1 is 1.56 bits per heavy atom. The van der Waals surface area contributed by atoms with Crippen molar-refractivity contribution in [3.05, 3.63) is 12.2 Å². The van der Waals surface area contributed by atoms with Crippen molar-refractivity contribution >= 4 is 18.0 Å². The zero-order valence-corrected chi connectivity index (χ0v) is 10.2. The van der Waals surface area contributed by atoms with Crippen LogP contribution in [0.3, 0.4) is 0 Å². The molecule has 0 fully saturated rings. The van der Waals surface area contributed by atoms with E-state index in [1.165, 1.54) is 6.08 Å². The molecule has 7 nitrogen and oxygen atoms in total. The van der Waals surface area contributed by atoms with Crippen LogP contribution >= 0.6 is 0 Å². The predicted molar refractivity (Wildman–Crippen MR) is 64.0 cm³/mol. The third-order valence-electron chi connectivity index (χ3n) is 1.99. The molecule has 0 heterocycles. The third-order valence-corrected chi connectivity index (χ3v) is 1.99. The zero-order valence-electron chi connectivity index (χ0n) is 13.2. The van der Waals surface area contributed by atoms with E-state index in [0.717, 1.165) is 20.2 Å². The Bertz CT molecular complexity index is 423. The van der Waals surface area contributed by atoms with E-state index in [2.05, 4.69) is 10.1 Å². The molecule has 2 amide bonds. The van der Waals surface area contributed by atoms with Gasteiger partial charge in [0.15, 0.2) is 0 Å². The molecule has 102 valence electrons. The summed E-state index contributed by atoms with van der Waals surface area (Å²) in [5.74, 6) is -1.96. The number of likely N-dealkylation sites (N-methyl/N-ethyl adjacent to an activating group) is 1. The average Bonchev–Trinajstić information content (AvgIpc) is 2.39. The first-order valence-electron chi connectivity index (χ1n) is 6.61. The molecule has 7 heteroatoms. The monoisotopic (exact) mass is 261 g/mol. The Hall–Kier alpha value is -2.05. The van der Waals surface area contributed by atoms with Crippen molar-refractivity contribution < 1.29 is 28.3 Å². The molecule has 0 aliphatic carbocycles. The molecule has 0 aromatic rings. The van der Waals surface area contributed by atoms with Crippen molar-refractivity contribution in [3.63, 3.8) is 0 Å². The maximum Gasteiger partial charge on any atom is 0.407 e.